The molecule has 12 nitrogen and oxygen atoms in total. The molecule has 0 amide bonds. The van der Waals surface area contributed by atoms with E-state index in [9.17, 15) is 4.79 Å². The minimum absolute atomic E-state index is 0.431. The van der Waals surface area contributed by atoms with Gasteiger partial charge in [0.2, 0.25) is 0 Å². The van der Waals surface area contributed by atoms with Crippen molar-refractivity contribution in [3.63, 3.8) is 0 Å². The second-order valence-corrected chi connectivity index (χ2v) is 61.7. The van der Waals surface area contributed by atoms with Crippen LogP contribution >= 0.6 is 0 Å². The van der Waals surface area contributed by atoms with E-state index in [4.69, 9.17) is 41.4 Å². The fourth-order valence-electron chi connectivity index (χ4n) is 14.7. The summed E-state index contributed by atoms with van der Waals surface area (Å²) < 4.78 is 51.4. The maximum Gasteiger partial charge on any atom is 0.508 e. The van der Waals surface area contributed by atoms with Crippen molar-refractivity contribution in [2.45, 2.75) is 274 Å². The average Bonchev–Trinajstić information content (AvgIpc) is 1.34. The molecule has 17 heteroatoms. The lowest BCUT2D eigenvalue weighted by molar-refractivity contribution is 0.00337. The van der Waals surface area contributed by atoms with Crippen LogP contribution in [0.2, 0.25) is 90.7 Å². The van der Waals surface area contributed by atoms with Crippen LogP contribution < -0.4 is 0 Å². The Morgan fingerprint density at radius 2 is 0.517 bits per heavy atom. The Labute approximate surface area is 909 Å². The molecule has 0 aromatic heterocycles. The Balaban J connectivity index is -0.000000234. The van der Waals surface area contributed by atoms with Gasteiger partial charge in [0.1, 0.15) is 11.7 Å². The van der Waals surface area contributed by atoms with Crippen LogP contribution in [0.25, 0.3) is 54.7 Å². The minimum Gasteiger partial charge on any atom is -0.438 e. The number of benzene rings is 9. The number of methoxy groups -OCH3 is 2. The summed E-state index contributed by atoms with van der Waals surface area (Å²) in [7, 11) is 8.38. The van der Waals surface area contributed by atoms with Crippen LogP contribution in [0.4, 0.5) is 4.79 Å². The fourth-order valence-corrected chi connectivity index (χ4v) is 32.0. The molecule has 9 aromatic carbocycles. The van der Waals surface area contributed by atoms with Gasteiger partial charge in [0.05, 0.1) is 20.3 Å². The fraction of sp³-hybridized carbons (Fsp3) is 0.438. The molecule has 0 spiro atoms. The molecule has 0 aliphatic carbocycles. The van der Waals surface area contributed by atoms with E-state index in [1.165, 1.54) is 131 Å². The third-order valence-electron chi connectivity index (χ3n) is 22.1. The number of ether oxygens (including phenoxy) is 5. The van der Waals surface area contributed by atoms with E-state index in [-0.39, 0.29) is 0 Å². The number of hydrogen-bond donors (Lipinski definition) is 1. The first-order chi connectivity index (χ1) is 69.9. The van der Waals surface area contributed by atoms with E-state index in [0.717, 1.165) is 44.7 Å². The summed E-state index contributed by atoms with van der Waals surface area (Å²) >= 11 is 0. The lowest BCUT2D eigenvalue weighted by Crippen LogP contribution is -2.46. The smallest absolute Gasteiger partial charge is 0.438 e. The second kappa shape index (κ2) is 102. The van der Waals surface area contributed by atoms with Gasteiger partial charge in [0, 0.05) is 63.5 Å². The number of epoxide rings is 1. The van der Waals surface area contributed by atoms with Gasteiger partial charge in [0.25, 0.3) is 0 Å². The zero-order valence-corrected chi connectivity index (χ0v) is 104. The van der Waals surface area contributed by atoms with Crippen molar-refractivity contribution in [2.24, 2.45) is 17.8 Å². The molecule has 1 atom stereocenters. The predicted octanol–water partition coefficient (Wildman–Crippen LogP) is 39.1. The van der Waals surface area contributed by atoms with Crippen LogP contribution in [-0.2, 0) is 45.8 Å². The first-order valence-electron chi connectivity index (χ1n) is 52.6. The second-order valence-electron chi connectivity index (χ2n) is 38.3. The molecule has 1 aliphatic heterocycles. The SMILES string of the molecule is C=Cc1ccccc1.C=Cc1ccccc1.C=Cc1ccccc1.C=Cc1ccccc1.C=Cc1ccccc1.C=Cc1ccccc1.C=Cc1ccccc1.C=Cc1ccccc1.C=Cc1ccccc1.CCC[Si](CCC)(CCC)OC.CCOCC1CO1.CC[Si](CC)(CC)OC.CO.COC.COC(=O)OC(C)(C)C.CO[Si](C(C)C)(C(C)C)C(C)C.CO[Si](C)(C)C.CO[Si](CC(C)C)(CC(C)C)CC(C)C. The maximum absolute atomic E-state index is 10.4. The van der Waals surface area contributed by atoms with E-state index in [1.807, 2.05) is 363 Å². The lowest BCUT2D eigenvalue weighted by atomic mass is 10.2. The Kier molecular flexibility index (Phi) is 107. The molecular formula is C130H212O12Si5. The standard InChI is InChI=1S/C13H30OSi.2C10H24OSi.9C8H8.C7H18OSi.C6H12O3.C5H10O2.C4H12OSi.C2H6O.CH4O/c1-11(2)8-15(14-7,9-12(3)4)10-13(5)6;1-8(2)12(11-7,9(3)4)10(5)6;1-5-8-12(11-4,9-6-2)10-7-3;9*1-2-8-6-4-3-5-7-8;1-5-9(6-2,7-3)8-4;1-6(2,3)9-5(7)8-4;1-2-6-3-5-4-7-5;1-5-6(2,3)4;1-3-2;1-2/h11-13H,8-10H2,1-7H3;8-10H,1-7H3;5-10H2,1-4H3;9*2-7H,1H2;5-7H2,1-4H3;1-4H3;5H,2-4H2,1H3;1-4H3;1-2H3;2H,1H3. The average molecular weight is 2110 g/mol. The summed E-state index contributed by atoms with van der Waals surface area (Å²) in [4.78, 5) is 10.4. The first-order valence-corrected chi connectivity index (χ1v) is 65.7. The number of carbonyl (C=O) groups excluding carboxylic acids is 1. The van der Waals surface area contributed by atoms with Crippen LogP contribution in [0.5, 0.6) is 0 Å². The van der Waals surface area contributed by atoms with Gasteiger partial charge < -0.3 is 50.9 Å². The molecule has 0 saturated carbocycles. The monoisotopic (exact) mass is 2110 g/mol. The molecule has 1 fully saturated rings. The van der Waals surface area contributed by atoms with Crippen molar-refractivity contribution in [2.75, 3.05) is 83.8 Å². The molecule has 147 heavy (non-hydrogen) atoms. The zero-order valence-electron chi connectivity index (χ0n) is 99.1. The van der Waals surface area contributed by atoms with Crippen molar-refractivity contribution in [1.82, 2.24) is 0 Å². The summed E-state index contributed by atoms with van der Waals surface area (Å²) in [5.74, 6) is 2.32. The van der Waals surface area contributed by atoms with Crippen molar-refractivity contribution in [1.29, 1.82) is 0 Å². The van der Waals surface area contributed by atoms with Gasteiger partial charge in [0.15, 0.2) is 41.6 Å². The largest absolute Gasteiger partial charge is 0.508 e. The third kappa shape index (κ3) is 92.5. The van der Waals surface area contributed by atoms with Gasteiger partial charge >= 0.3 is 6.16 Å². The lowest BCUT2D eigenvalue weighted by Gasteiger charge is -2.40. The van der Waals surface area contributed by atoms with E-state index in [2.05, 4.69) is 213 Å². The number of hydrogen-bond acceptors (Lipinski definition) is 12. The summed E-state index contributed by atoms with van der Waals surface area (Å²) in [6, 6.07) is 102. The van der Waals surface area contributed by atoms with Crippen LogP contribution in [0.15, 0.2) is 332 Å². The molecular weight excluding hydrogens is 1890 g/mol. The highest BCUT2D eigenvalue weighted by Crippen LogP contribution is 2.42. The van der Waals surface area contributed by atoms with Crippen molar-refractivity contribution >= 4 is 102 Å². The zero-order chi connectivity index (χ0) is 114. The number of carbonyl (C=O) groups is 1. The first kappa shape index (κ1) is 153. The van der Waals surface area contributed by atoms with Crippen molar-refractivity contribution in [3.8, 4) is 0 Å². The summed E-state index contributed by atoms with van der Waals surface area (Å²) in [6.07, 6.45) is 20.2. The van der Waals surface area contributed by atoms with Gasteiger partial charge in [-0.1, -0.05) is 531 Å². The Morgan fingerprint density at radius 3 is 0.592 bits per heavy atom. The van der Waals surface area contributed by atoms with Crippen molar-refractivity contribution < 1.29 is 55.7 Å². The molecule has 10 rings (SSSR count). The Hall–Kier alpha value is -9.37. The van der Waals surface area contributed by atoms with Gasteiger partial charge in [-0.3, -0.25) is 0 Å². The summed E-state index contributed by atoms with van der Waals surface area (Å²) in [5.41, 5.74) is 12.2. The minimum atomic E-state index is -1.50. The number of aliphatic hydroxyl groups excluding tert-OH is 1. The predicted molar refractivity (Wildman–Crippen MR) is 672 cm³/mol. The van der Waals surface area contributed by atoms with Crippen LogP contribution in [0.3, 0.4) is 0 Å². The molecule has 1 unspecified atom stereocenters. The van der Waals surface area contributed by atoms with Gasteiger partial charge in [-0.2, -0.15) is 0 Å². The summed E-state index contributed by atoms with van der Waals surface area (Å²) in [6.45, 7) is 90.2. The van der Waals surface area contributed by atoms with Crippen LogP contribution in [-0.4, -0.2) is 148 Å². The molecule has 0 bridgehead atoms. The Morgan fingerprint density at radius 1 is 0.333 bits per heavy atom. The van der Waals surface area contributed by atoms with Gasteiger partial charge in [-0.05, 0) is 186 Å². The highest BCUT2D eigenvalue weighted by molar-refractivity contribution is 6.77. The quantitative estimate of drug-likeness (QED) is 0.0230. The van der Waals surface area contributed by atoms with E-state index < -0.39 is 53.3 Å². The van der Waals surface area contributed by atoms with Gasteiger partial charge in [-0.15, -0.1) is 0 Å². The third-order valence-corrected chi connectivity index (χ3v) is 44.9. The Bertz CT molecular complexity index is 3690. The van der Waals surface area contributed by atoms with Crippen LogP contribution in [0, 0.1) is 17.8 Å². The van der Waals surface area contributed by atoms with E-state index in [1.54, 1.807) is 42.1 Å². The van der Waals surface area contributed by atoms with Gasteiger partial charge in [-0.25, -0.2) is 4.79 Å². The molecule has 1 heterocycles. The highest BCUT2D eigenvalue weighted by Gasteiger charge is 2.44. The molecule has 1 saturated heterocycles. The molecule has 1 aliphatic rings. The molecule has 9 aromatic rings. The number of rotatable bonds is 35. The van der Waals surface area contributed by atoms with Crippen molar-refractivity contribution in [3.05, 3.63) is 382 Å². The topological polar surface area (TPSA) is 133 Å². The highest BCUT2D eigenvalue weighted by atomic mass is 28.4. The normalized spacial score (nSPS) is 11.0. The number of aliphatic hydroxyl groups is 1. The molecule has 824 valence electrons. The van der Waals surface area contributed by atoms with Crippen LogP contribution in [0.1, 0.15) is 222 Å². The van der Waals surface area contributed by atoms with E-state index >= 15 is 0 Å². The molecule has 0 radical (unpaired) electrons. The summed E-state index contributed by atoms with van der Waals surface area (Å²) in [5, 5.41) is 7.00. The van der Waals surface area contributed by atoms with E-state index in [0.29, 0.717) is 22.7 Å². The maximum atomic E-state index is 10.4. The molecule has 1 N–H and O–H groups in total.